The van der Waals surface area contributed by atoms with Crippen LogP contribution in [0.1, 0.15) is 87.3 Å². The number of rotatable bonds is 29. The Morgan fingerprint density at radius 1 is 1.00 bits per heavy atom. The molecular weight excluding hydrogens is 785 g/mol. The number of aromatic amines is 1. The van der Waals surface area contributed by atoms with Crippen LogP contribution in [0.4, 0.5) is 4.39 Å². The van der Waals surface area contributed by atoms with Crippen LogP contribution in [0.15, 0.2) is 51.0 Å². The van der Waals surface area contributed by atoms with Crippen LogP contribution in [-0.2, 0) is 43.9 Å². The Bertz CT molecular complexity index is 1570. The first-order valence-corrected chi connectivity index (χ1v) is 22.5. The first-order valence-electron chi connectivity index (χ1n) is 19.9. The summed E-state index contributed by atoms with van der Waals surface area (Å²) in [5.41, 5.74) is -0.316. The average molecular weight is 849 g/mol. The average Bonchev–Trinajstić information content (AvgIpc) is 3.47. The molecule has 1 aliphatic rings. The maximum Gasteiger partial charge on any atom is 0.330 e. The van der Waals surface area contributed by atoms with Crippen molar-refractivity contribution in [3.05, 3.63) is 62.9 Å². The normalized spacial score (nSPS) is 19.7. The Morgan fingerprint density at radius 3 is 2.30 bits per heavy atom. The monoisotopic (exact) mass is 848 g/mol. The van der Waals surface area contributed by atoms with E-state index in [2.05, 4.69) is 35.6 Å². The number of methoxy groups -OCH3 is 1. The van der Waals surface area contributed by atoms with Gasteiger partial charge in [-0.05, 0) is 79.3 Å². The molecule has 1 N–H and O–H groups in total. The van der Waals surface area contributed by atoms with Gasteiger partial charge in [-0.15, -0.1) is 0 Å². The van der Waals surface area contributed by atoms with E-state index in [4.69, 9.17) is 34.1 Å². The summed E-state index contributed by atoms with van der Waals surface area (Å²) in [5, 5.41) is 0. The van der Waals surface area contributed by atoms with Gasteiger partial charge < -0.3 is 32.7 Å². The second kappa shape index (κ2) is 25.7. The smallest absolute Gasteiger partial charge is 0.330 e. The Morgan fingerprint density at radius 2 is 1.66 bits per heavy atom. The van der Waals surface area contributed by atoms with Crippen LogP contribution < -0.4 is 11.2 Å². The van der Waals surface area contributed by atoms with E-state index >= 15 is 4.39 Å². The van der Waals surface area contributed by atoms with Gasteiger partial charge in [-0.25, -0.2) is 13.9 Å². The third-order valence-corrected chi connectivity index (χ3v) is 14.3. The maximum atomic E-state index is 16.1. The van der Waals surface area contributed by atoms with Crippen molar-refractivity contribution in [2.45, 2.75) is 127 Å². The first kappa shape index (κ1) is 47.0. The summed E-state index contributed by atoms with van der Waals surface area (Å²) < 4.78 is 67.1. The summed E-state index contributed by atoms with van der Waals surface area (Å²) in [6.07, 6.45) is -1.11. The highest BCUT2D eigenvalue weighted by molar-refractivity contribution is 8.77. The van der Waals surface area contributed by atoms with Crippen molar-refractivity contribution in [2.24, 2.45) is 0 Å². The number of nitrogens with one attached hydrogen (secondary N) is 1. The molecule has 0 radical (unpaired) electrons. The number of ether oxygens (including phenoxy) is 5. The topological polar surface area (TPSA) is 140 Å². The minimum atomic E-state index is -1.81. The molecule has 0 amide bonds. The molecule has 5 unspecified atom stereocenters. The van der Waals surface area contributed by atoms with Crippen LogP contribution in [0.25, 0.3) is 0 Å². The van der Waals surface area contributed by atoms with Gasteiger partial charge in [0.15, 0.2) is 12.4 Å². The number of aromatic nitrogens is 2. The lowest BCUT2D eigenvalue weighted by atomic mass is 10.0. The molecule has 2 aromatic rings. The largest absolute Gasteiger partial charge is 0.382 e. The predicted molar refractivity (Wildman–Crippen MR) is 221 cm³/mol. The van der Waals surface area contributed by atoms with Crippen LogP contribution in [0, 0.1) is 0 Å². The molecule has 2 heterocycles. The lowest BCUT2D eigenvalue weighted by Crippen LogP contribution is -2.38. The van der Waals surface area contributed by atoms with Crippen molar-refractivity contribution in [1.82, 2.24) is 14.2 Å². The van der Waals surface area contributed by atoms with E-state index in [1.807, 2.05) is 39.8 Å². The molecule has 0 spiro atoms. The van der Waals surface area contributed by atoms with Crippen molar-refractivity contribution < 1.29 is 43.3 Å². The molecule has 1 saturated heterocycles. The summed E-state index contributed by atoms with van der Waals surface area (Å²) in [6.45, 7) is 16.0. The molecule has 0 bridgehead atoms. The van der Waals surface area contributed by atoms with Gasteiger partial charge in [0.1, 0.15) is 11.9 Å². The quantitative estimate of drug-likeness (QED) is 0.0505. The third-order valence-electron chi connectivity index (χ3n) is 8.68. The van der Waals surface area contributed by atoms with E-state index < -0.39 is 44.4 Å². The molecule has 1 fully saturated rings. The zero-order chi connectivity index (χ0) is 41.8. The molecule has 318 valence electrons. The lowest BCUT2D eigenvalue weighted by molar-refractivity contribution is -0.119. The highest BCUT2D eigenvalue weighted by atomic mass is 33.1. The summed E-state index contributed by atoms with van der Waals surface area (Å²) >= 11 is 0. The molecule has 5 atom stereocenters. The number of hydrogen-bond donors (Lipinski definition) is 1. The highest BCUT2D eigenvalue weighted by Crippen LogP contribution is 2.51. The summed E-state index contributed by atoms with van der Waals surface area (Å²) in [4.78, 5) is 40.0. The summed E-state index contributed by atoms with van der Waals surface area (Å²) in [5.74, 6) is 0.230. The first-order chi connectivity index (χ1) is 27.3. The second-order valence-corrected chi connectivity index (χ2v) is 18.8. The fraction of sp³-hybridized carbons (Fsp3) is 0.718. The zero-order valence-corrected chi connectivity index (χ0v) is 36.5. The fourth-order valence-corrected chi connectivity index (χ4v) is 10.1. The summed E-state index contributed by atoms with van der Waals surface area (Å²) in [6, 6.07) is 9.24. The van der Waals surface area contributed by atoms with Gasteiger partial charge in [0, 0.05) is 61.9 Å². The molecule has 0 aliphatic carbocycles. The van der Waals surface area contributed by atoms with Crippen LogP contribution in [0.3, 0.4) is 0 Å². The van der Waals surface area contributed by atoms with E-state index in [0.717, 1.165) is 27.5 Å². The van der Waals surface area contributed by atoms with E-state index in [-0.39, 0.29) is 29.5 Å². The number of carbonyl (C=O) groups excluding carboxylic acids is 1. The fourth-order valence-electron chi connectivity index (χ4n) is 5.75. The molecule has 56 heavy (non-hydrogen) atoms. The second-order valence-electron chi connectivity index (χ2n) is 14.5. The minimum Gasteiger partial charge on any atom is -0.382 e. The standard InChI is InChI=1S/C39H63FN3O10PS2/c1-28(2)43(29(3)4)54(53-36-30(5)52-37(35(36)40)42-19-16-34(45)41-38(42)46)51-21-17-31-12-9-10-14-33(31)55-56-39(6,7)18-15-32(44)13-11-20-48-24-25-50-27-26-49-23-22-47-8/h9-10,12,14,16,19,28-30,35-37H,11,13,15,17-18,20-27H2,1-8H3,(H,41,45,46)/i5D. The molecule has 0 saturated carbocycles. The molecule has 1 aromatic carbocycles. The number of benzene rings is 1. The van der Waals surface area contributed by atoms with E-state index in [0.29, 0.717) is 78.5 Å². The molecule has 13 nitrogen and oxygen atoms in total. The van der Waals surface area contributed by atoms with Crippen LogP contribution >= 0.6 is 30.1 Å². The Kier molecular flexibility index (Phi) is 21.6. The van der Waals surface area contributed by atoms with Gasteiger partial charge in [0.05, 0.1) is 52.4 Å². The van der Waals surface area contributed by atoms with E-state index in [1.54, 1.807) is 28.7 Å². The van der Waals surface area contributed by atoms with Gasteiger partial charge >= 0.3 is 5.69 Å². The predicted octanol–water partition coefficient (Wildman–Crippen LogP) is 7.13. The number of H-pyrrole nitrogens is 1. The number of ketones is 1. The van der Waals surface area contributed by atoms with E-state index in [9.17, 15) is 14.4 Å². The van der Waals surface area contributed by atoms with Gasteiger partial charge in [-0.2, -0.15) is 0 Å². The number of hydrogen-bond acceptors (Lipinski definition) is 13. The number of nitrogens with zero attached hydrogens (tertiary/aromatic N) is 2. The van der Waals surface area contributed by atoms with Crippen LogP contribution in [-0.4, -0.2) is 115 Å². The maximum absolute atomic E-state index is 16.1. The Labute approximate surface area is 342 Å². The van der Waals surface area contributed by atoms with Crippen LogP contribution in [0.5, 0.6) is 0 Å². The molecule has 3 rings (SSSR count). The number of halogens is 1. The third kappa shape index (κ3) is 16.9. The Balaban J connectivity index is 1.49. The van der Waals surface area contributed by atoms with Crippen molar-refractivity contribution in [1.29, 1.82) is 0 Å². The van der Waals surface area contributed by atoms with Gasteiger partial charge in [-0.3, -0.25) is 19.1 Å². The molecule has 17 heteroatoms. The van der Waals surface area contributed by atoms with Gasteiger partial charge in [0.2, 0.25) is 0 Å². The zero-order valence-electron chi connectivity index (χ0n) is 34.9. The minimum absolute atomic E-state index is 0.00169. The number of carbonyl (C=O) groups is 1. The summed E-state index contributed by atoms with van der Waals surface area (Å²) in [7, 11) is 3.24. The van der Waals surface area contributed by atoms with Crippen LogP contribution in [0.2, 0.25) is 0 Å². The molecule has 1 aromatic heterocycles. The molecule has 1 aliphatic heterocycles. The van der Waals surface area contributed by atoms with Crippen molar-refractivity contribution in [3.63, 3.8) is 0 Å². The lowest BCUT2D eigenvalue weighted by Gasteiger charge is -2.37. The number of alkyl halides is 1. The van der Waals surface area contributed by atoms with Gasteiger partial charge in [-0.1, -0.05) is 39.8 Å². The van der Waals surface area contributed by atoms with Gasteiger partial charge in [0.25, 0.3) is 14.1 Å². The van der Waals surface area contributed by atoms with Crippen molar-refractivity contribution in [2.75, 3.05) is 60.0 Å². The Hall–Kier alpha value is -1.69. The van der Waals surface area contributed by atoms with Crippen molar-refractivity contribution in [3.8, 4) is 0 Å². The highest BCUT2D eigenvalue weighted by Gasteiger charge is 2.48. The van der Waals surface area contributed by atoms with Crippen molar-refractivity contribution >= 4 is 35.9 Å². The van der Waals surface area contributed by atoms with E-state index in [1.165, 1.54) is 6.20 Å². The SMILES string of the molecule is [2H]CC1OC(n2ccc(=O)[nH]c2=O)C(F)C1OP(OCCc1ccccc1SSC(C)(C)CCC(=O)CCCOCCOCCOCCOC)N(C(C)C)C(C)C. The number of Topliss-reactive ketones (excluding diaryl/α,β-unsaturated/α-hetero) is 1. The molecular formula is C39H63FN3O10PS2.